The van der Waals surface area contributed by atoms with Crippen LogP contribution < -0.4 is 9.47 Å². The number of halogens is 1. The van der Waals surface area contributed by atoms with Crippen LogP contribution in [0.5, 0.6) is 11.5 Å². The van der Waals surface area contributed by atoms with Crippen molar-refractivity contribution >= 4 is 17.9 Å². The van der Waals surface area contributed by atoms with Gasteiger partial charge in [0.25, 0.3) is 0 Å². The highest BCUT2D eigenvalue weighted by atomic mass is 19.1. The Morgan fingerprint density at radius 1 is 0.879 bits per heavy atom. The molecule has 0 fully saturated rings. The number of hydrogen-bond donors (Lipinski definition) is 0. The van der Waals surface area contributed by atoms with E-state index in [2.05, 4.69) is 13.2 Å². The molecule has 33 heavy (non-hydrogen) atoms. The molecule has 2 aromatic carbocycles. The third-order valence-electron chi connectivity index (χ3n) is 4.74. The van der Waals surface area contributed by atoms with Crippen molar-refractivity contribution in [3.8, 4) is 22.6 Å². The van der Waals surface area contributed by atoms with Crippen LogP contribution in [0.3, 0.4) is 0 Å². The Hall–Kier alpha value is -3.74. The maximum absolute atomic E-state index is 14.5. The second-order valence-corrected chi connectivity index (χ2v) is 8.28. The third-order valence-corrected chi connectivity index (χ3v) is 4.74. The maximum atomic E-state index is 14.5. The van der Waals surface area contributed by atoms with Crippen molar-refractivity contribution in [1.82, 2.24) is 0 Å². The van der Waals surface area contributed by atoms with E-state index in [-0.39, 0.29) is 29.9 Å². The summed E-state index contributed by atoms with van der Waals surface area (Å²) < 4.78 is 30.0. The molecule has 0 aliphatic carbocycles. The molecule has 0 saturated carbocycles. The molecule has 2 aromatic rings. The van der Waals surface area contributed by atoms with Gasteiger partial charge < -0.3 is 14.2 Å². The van der Waals surface area contributed by atoms with Crippen LogP contribution in [0.25, 0.3) is 11.1 Å². The summed E-state index contributed by atoms with van der Waals surface area (Å²) in [5, 5.41) is 0. The minimum Gasteiger partial charge on any atom is -0.462 e. The Bertz CT molecular complexity index is 1080. The van der Waals surface area contributed by atoms with Crippen LogP contribution in [0.1, 0.15) is 34.1 Å². The lowest BCUT2D eigenvalue weighted by atomic mass is 9.90. The maximum Gasteiger partial charge on any atom is 0.338 e. The molecule has 6 nitrogen and oxygen atoms in total. The topological polar surface area (TPSA) is 78.9 Å². The predicted molar refractivity (Wildman–Crippen MR) is 122 cm³/mol. The van der Waals surface area contributed by atoms with Crippen molar-refractivity contribution in [2.24, 2.45) is 5.41 Å². The van der Waals surface area contributed by atoms with Gasteiger partial charge in [0, 0.05) is 22.8 Å². The molecular weight excluding hydrogens is 427 g/mol. The van der Waals surface area contributed by atoms with Gasteiger partial charge in [-0.1, -0.05) is 25.3 Å². The molecule has 0 bridgehead atoms. The van der Waals surface area contributed by atoms with Crippen LogP contribution in [-0.4, -0.2) is 24.5 Å². The number of ether oxygens (including phenoxy) is 3. The predicted octanol–water partition coefficient (Wildman–Crippen LogP) is 5.42. The lowest BCUT2D eigenvalue weighted by Gasteiger charge is -2.22. The second-order valence-electron chi connectivity index (χ2n) is 8.28. The quantitative estimate of drug-likeness (QED) is 0.286. The standard InChI is InChI=1S/C26H27FO6/c1-16(2)23(28)31-14-13-26(5,6)25(30)33-19-9-7-18(8-10-19)21-12-11-20(15-22(21)27)32-24(29)17(3)4/h7-12,15H,1,3,13-14H2,2,4-6H3. The molecule has 0 aliphatic heterocycles. The summed E-state index contributed by atoms with van der Waals surface area (Å²) in [5.41, 5.74) is 0.450. The van der Waals surface area contributed by atoms with Gasteiger partial charge in [0.1, 0.15) is 17.3 Å². The van der Waals surface area contributed by atoms with Gasteiger partial charge in [0.15, 0.2) is 0 Å². The fourth-order valence-corrected chi connectivity index (χ4v) is 2.56. The average molecular weight is 454 g/mol. The van der Waals surface area contributed by atoms with E-state index in [1.54, 1.807) is 45.0 Å². The van der Waals surface area contributed by atoms with Gasteiger partial charge in [0.2, 0.25) is 0 Å². The lowest BCUT2D eigenvalue weighted by molar-refractivity contribution is -0.148. The first-order valence-electron chi connectivity index (χ1n) is 10.2. The van der Waals surface area contributed by atoms with E-state index in [0.29, 0.717) is 16.9 Å². The van der Waals surface area contributed by atoms with Gasteiger partial charge in [0.05, 0.1) is 12.0 Å². The summed E-state index contributed by atoms with van der Waals surface area (Å²) in [4.78, 5) is 35.6. The van der Waals surface area contributed by atoms with E-state index in [1.165, 1.54) is 19.1 Å². The Morgan fingerprint density at radius 3 is 2.00 bits per heavy atom. The van der Waals surface area contributed by atoms with E-state index in [1.807, 2.05) is 0 Å². The van der Waals surface area contributed by atoms with Crippen molar-refractivity contribution in [2.75, 3.05) is 6.61 Å². The first-order valence-corrected chi connectivity index (χ1v) is 10.2. The highest BCUT2D eigenvalue weighted by Crippen LogP contribution is 2.29. The zero-order chi connectivity index (χ0) is 24.8. The van der Waals surface area contributed by atoms with E-state index < -0.39 is 29.1 Å². The van der Waals surface area contributed by atoms with Crippen LogP contribution in [0.4, 0.5) is 4.39 Å². The number of hydrogen-bond acceptors (Lipinski definition) is 6. The van der Waals surface area contributed by atoms with Crippen LogP contribution in [0, 0.1) is 11.2 Å². The largest absolute Gasteiger partial charge is 0.462 e. The fourth-order valence-electron chi connectivity index (χ4n) is 2.56. The van der Waals surface area contributed by atoms with Crippen LogP contribution in [-0.2, 0) is 19.1 Å². The Balaban J connectivity index is 2.02. The molecule has 0 radical (unpaired) electrons. The highest BCUT2D eigenvalue weighted by Gasteiger charge is 2.30. The second kappa shape index (κ2) is 10.7. The fraction of sp³-hybridized carbons (Fsp3) is 0.269. The monoisotopic (exact) mass is 454 g/mol. The summed E-state index contributed by atoms with van der Waals surface area (Å²) in [6.07, 6.45) is 0.274. The van der Waals surface area contributed by atoms with Crippen molar-refractivity contribution in [3.05, 3.63) is 72.6 Å². The van der Waals surface area contributed by atoms with Crippen LogP contribution in [0.2, 0.25) is 0 Å². The van der Waals surface area contributed by atoms with Gasteiger partial charge in [-0.3, -0.25) is 4.79 Å². The molecular formula is C26H27FO6. The number of esters is 3. The van der Waals surface area contributed by atoms with Gasteiger partial charge >= 0.3 is 17.9 Å². The minimum atomic E-state index is -0.892. The van der Waals surface area contributed by atoms with Crippen LogP contribution >= 0.6 is 0 Å². The molecule has 174 valence electrons. The molecule has 2 rings (SSSR count). The third kappa shape index (κ3) is 7.14. The molecule has 0 amide bonds. The Kier molecular flexibility index (Phi) is 8.29. The number of carbonyl (C=O) groups excluding carboxylic acids is 3. The summed E-state index contributed by atoms with van der Waals surface area (Å²) >= 11 is 0. The normalized spacial score (nSPS) is 10.8. The SMILES string of the molecule is C=C(C)C(=O)OCCC(C)(C)C(=O)Oc1ccc(-c2ccc(OC(=O)C(=C)C)cc2F)cc1. The van der Waals surface area contributed by atoms with Gasteiger partial charge in [-0.15, -0.1) is 0 Å². The Labute approximate surface area is 192 Å². The summed E-state index contributed by atoms with van der Waals surface area (Å²) in [6, 6.07) is 10.4. The molecule has 0 aromatic heterocycles. The number of carbonyl (C=O) groups is 3. The molecule has 0 spiro atoms. The van der Waals surface area contributed by atoms with Gasteiger partial charge in [-0.25, -0.2) is 14.0 Å². The highest BCUT2D eigenvalue weighted by molar-refractivity contribution is 5.89. The van der Waals surface area contributed by atoms with E-state index in [0.717, 1.165) is 6.07 Å². The first kappa shape index (κ1) is 25.5. The molecule has 0 aliphatic rings. The van der Waals surface area contributed by atoms with Gasteiger partial charge in [-0.05, 0) is 63.9 Å². The van der Waals surface area contributed by atoms with Crippen molar-refractivity contribution < 1.29 is 33.0 Å². The van der Waals surface area contributed by atoms with Gasteiger partial charge in [-0.2, -0.15) is 0 Å². The molecule has 0 saturated heterocycles. The smallest absolute Gasteiger partial charge is 0.338 e. The molecule has 0 unspecified atom stereocenters. The first-order chi connectivity index (χ1) is 15.4. The van der Waals surface area contributed by atoms with Crippen molar-refractivity contribution in [3.63, 3.8) is 0 Å². The molecule has 0 atom stereocenters. The van der Waals surface area contributed by atoms with E-state index in [9.17, 15) is 18.8 Å². The minimum absolute atomic E-state index is 0.0592. The van der Waals surface area contributed by atoms with Crippen LogP contribution in [0.15, 0.2) is 66.8 Å². The van der Waals surface area contributed by atoms with E-state index >= 15 is 0 Å². The number of benzene rings is 2. The summed E-state index contributed by atoms with van der Waals surface area (Å²) in [6.45, 7) is 13.5. The Morgan fingerprint density at radius 2 is 1.45 bits per heavy atom. The lowest BCUT2D eigenvalue weighted by Crippen LogP contribution is -2.30. The number of rotatable bonds is 9. The van der Waals surface area contributed by atoms with Crippen molar-refractivity contribution in [1.29, 1.82) is 0 Å². The summed E-state index contributed by atoms with van der Waals surface area (Å²) in [5.74, 6) is -1.84. The summed E-state index contributed by atoms with van der Waals surface area (Å²) in [7, 11) is 0. The van der Waals surface area contributed by atoms with E-state index in [4.69, 9.17) is 14.2 Å². The zero-order valence-electron chi connectivity index (χ0n) is 19.2. The molecule has 0 N–H and O–H groups in total. The molecule has 7 heteroatoms. The van der Waals surface area contributed by atoms with Crippen molar-refractivity contribution in [2.45, 2.75) is 34.1 Å². The zero-order valence-corrected chi connectivity index (χ0v) is 19.2. The average Bonchev–Trinajstić information content (AvgIpc) is 2.74. The molecule has 0 heterocycles.